The monoisotopic (exact) mass is 237 g/mol. The van der Waals surface area contributed by atoms with Crippen molar-refractivity contribution in [3.8, 4) is 0 Å². The van der Waals surface area contributed by atoms with Crippen LogP contribution in [0.2, 0.25) is 0 Å². The third-order valence-electron chi connectivity index (χ3n) is 1.55. The van der Waals surface area contributed by atoms with Crippen LogP contribution in [0.4, 0.5) is 0 Å². The number of allylic oxidation sites excluding steroid dienone is 4. The summed E-state index contributed by atoms with van der Waals surface area (Å²) in [4.78, 5) is 11.0. The molecule has 0 fully saturated rings. The van der Waals surface area contributed by atoms with Gasteiger partial charge in [0.15, 0.2) is 0 Å². The van der Waals surface area contributed by atoms with Gasteiger partial charge in [-0.1, -0.05) is 6.08 Å². The van der Waals surface area contributed by atoms with Crippen molar-refractivity contribution in [3.05, 3.63) is 23.4 Å². The number of hydrogen-bond donors (Lipinski definition) is 1. The lowest BCUT2D eigenvalue weighted by atomic mass is 10.0. The molecule has 1 unspecified atom stereocenters. The van der Waals surface area contributed by atoms with Crippen molar-refractivity contribution in [2.75, 3.05) is 0 Å². The summed E-state index contributed by atoms with van der Waals surface area (Å²) in [5.41, 5.74) is 5.92. The van der Waals surface area contributed by atoms with Gasteiger partial charge in [0, 0.05) is 11.3 Å². The Kier molecular flexibility index (Phi) is 3.30. The lowest BCUT2D eigenvalue weighted by Gasteiger charge is -2.15. The van der Waals surface area contributed by atoms with E-state index in [9.17, 15) is 9.00 Å². The van der Waals surface area contributed by atoms with Crippen LogP contribution < -0.4 is 5.73 Å². The summed E-state index contributed by atoms with van der Waals surface area (Å²) in [7, 11) is 0. The van der Waals surface area contributed by atoms with Gasteiger partial charge in [-0.25, -0.2) is 4.21 Å². The molecule has 0 saturated heterocycles. The van der Waals surface area contributed by atoms with Crippen molar-refractivity contribution in [1.29, 1.82) is 0 Å². The molecule has 0 spiro atoms. The highest BCUT2D eigenvalue weighted by molar-refractivity contribution is 7.67. The average molecular weight is 238 g/mol. The number of halogens is 2. The van der Waals surface area contributed by atoms with Crippen LogP contribution in [-0.2, 0) is 16.1 Å². The number of carbonyl (C=O) groups is 1. The minimum absolute atomic E-state index is 0.173. The number of rotatable bonds is 1. The molecule has 0 radical (unpaired) electrons. The van der Waals surface area contributed by atoms with Crippen LogP contribution in [0.5, 0.6) is 0 Å². The molecule has 70 valence electrons. The minimum atomic E-state index is -0.822. The molecule has 1 atom stereocenters. The zero-order valence-electron chi connectivity index (χ0n) is 6.29. The number of hydrogen-bond acceptors (Lipinski definition) is 3. The van der Waals surface area contributed by atoms with E-state index in [1.165, 1.54) is 12.2 Å². The van der Waals surface area contributed by atoms with Crippen LogP contribution in [-0.4, -0.2) is 19.7 Å². The Hall–Kier alpha value is -0.580. The summed E-state index contributed by atoms with van der Waals surface area (Å²) in [6.07, 6.45) is 2.86. The first-order valence-electron chi connectivity index (χ1n) is 3.26. The molecule has 0 saturated carbocycles. The molecular formula is C7H5Cl2NO2S. The van der Waals surface area contributed by atoms with E-state index in [1.807, 2.05) is 0 Å². The number of nitrogens with two attached hydrogens (primary N) is 1. The zero-order chi connectivity index (χ0) is 10.0. The van der Waals surface area contributed by atoms with Gasteiger partial charge in [0.2, 0.25) is 5.24 Å². The SMILES string of the molecule is NC1=CC=C(C(=O)Cl)C(Cl)C1=S=O. The van der Waals surface area contributed by atoms with E-state index in [2.05, 4.69) is 0 Å². The maximum Gasteiger partial charge on any atom is 0.250 e. The third kappa shape index (κ3) is 2.02. The first-order chi connectivity index (χ1) is 6.07. The summed E-state index contributed by atoms with van der Waals surface area (Å²) >= 11 is 11.2. The summed E-state index contributed by atoms with van der Waals surface area (Å²) in [6, 6.07) is 0. The number of carbonyl (C=O) groups excluding carboxylic acids is 1. The Bertz CT molecular complexity index is 369. The third-order valence-corrected chi connectivity index (χ3v) is 3.00. The van der Waals surface area contributed by atoms with E-state index >= 15 is 0 Å². The quantitative estimate of drug-likeness (QED) is 0.411. The molecule has 0 heterocycles. The van der Waals surface area contributed by atoms with Gasteiger partial charge in [-0.05, 0) is 17.7 Å². The second kappa shape index (κ2) is 4.09. The molecule has 6 heteroatoms. The fourth-order valence-electron chi connectivity index (χ4n) is 0.889. The standard InChI is InChI=1S/C7H5Cl2NO2S/c8-5-3(7(9)11)1-2-4(10)6(5)13-12/h1-2,5H,10H2. The molecular weight excluding hydrogens is 233 g/mol. The van der Waals surface area contributed by atoms with E-state index < -0.39 is 10.6 Å². The second-order valence-corrected chi connectivity index (χ2v) is 3.71. The van der Waals surface area contributed by atoms with Gasteiger partial charge in [-0.15, -0.1) is 11.6 Å². The first-order valence-corrected chi connectivity index (χ1v) is 4.81. The van der Waals surface area contributed by atoms with Gasteiger partial charge >= 0.3 is 0 Å². The number of alkyl halides is 1. The van der Waals surface area contributed by atoms with Gasteiger partial charge in [0.05, 0.1) is 16.1 Å². The average Bonchev–Trinajstić information content (AvgIpc) is 2.04. The van der Waals surface area contributed by atoms with Crippen molar-refractivity contribution in [2.24, 2.45) is 5.73 Å². The molecule has 0 aromatic heterocycles. The Morgan fingerprint density at radius 2 is 2.15 bits per heavy atom. The topological polar surface area (TPSA) is 60.2 Å². The highest BCUT2D eigenvalue weighted by Gasteiger charge is 2.26. The van der Waals surface area contributed by atoms with E-state index in [1.54, 1.807) is 0 Å². The maximum atomic E-state index is 10.8. The predicted octanol–water partition coefficient (Wildman–Crippen LogP) is 0.527. The van der Waals surface area contributed by atoms with Crippen molar-refractivity contribution in [3.63, 3.8) is 0 Å². The molecule has 0 bridgehead atoms. The van der Waals surface area contributed by atoms with Crippen LogP contribution in [0.1, 0.15) is 0 Å². The molecule has 0 aromatic rings. The van der Waals surface area contributed by atoms with E-state index in [-0.39, 0.29) is 27.4 Å². The van der Waals surface area contributed by atoms with Crippen molar-refractivity contribution >= 4 is 44.6 Å². The van der Waals surface area contributed by atoms with Crippen LogP contribution in [0, 0.1) is 0 Å². The van der Waals surface area contributed by atoms with Gasteiger partial charge < -0.3 is 5.73 Å². The molecule has 13 heavy (non-hydrogen) atoms. The van der Waals surface area contributed by atoms with E-state index in [4.69, 9.17) is 28.9 Å². The van der Waals surface area contributed by atoms with Gasteiger partial charge in [0.1, 0.15) is 5.38 Å². The van der Waals surface area contributed by atoms with Crippen molar-refractivity contribution in [1.82, 2.24) is 0 Å². The van der Waals surface area contributed by atoms with Gasteiger partial charge in [-0.3, -0.25) is 4.79 Å². The fraction of sp³-hybridized carbons (Fsp3) is 0.143. The Balaban J connectivity index is 3.19. The molecule has 1 aliphatic carbocycles. The zero-order valence-corrected chi connectivity index (χ0v) is 8.62. The van der Waals surface area contributed by atoms with Crippen molar-refractivity contribution in [2.45, 2.75) is 5.38 Å². The molecule has 0 aromatic carbocycles. The van der Waals surface area contributed by atoms with Crippen LogP contribution in [0.3, 0.4) is 0 Å². The molecule has 2 N–H and O–H groups in total. The van der Waals surface area contributed by atoms with Crippen molar-refractivity contribution < 1.29 is 9.00 Å². The lowest BCUT2D eigenvalue weighted by molar-refractivity contribution is -0.108. The molecule has 0 amide bonds. The van der Waals surface area contributed by atoms with Crippen LogP contribution >= 0.6 is 23.2 Å². The molecule has 0 aliphatic heterocycles. The van der Waals surface area contributed by atoms with Crippen LogP contribution in [0.25, 0.3) is 0 Å². The van der Waals surface area contributed by atoms with E-state index in [0.29, 0.717) is 0 Å². The minimum Gasteiger partial charge on any atom is -0.398 e. The highest BCUT2D eigenvalue weighted by atomic mass is 35.5. The highest BCUT2D eigenvalue weighted by Crippen LogP contribution is 2.20. The summed E-state index contributed by atoms with van der Waals surface area (Å²) < 4.78 is 10.6. The summed E-state index contributed by atoms with van der Waals surface area (Å²) in [5.74, 6) is 0. The molecule has 1 aliphatic rings. The Morgan fingerprint density at radius 1 is 1.54 bits per heavy atom. The summed E-state index contributed by atoms with van der Waals surface area (Å²) in [6.45, 7) is 0. The first kappa shape index (κ1) is 10.5. The Morgan fingerprint density at radius 3 is 2.62 bits per heavy atom. The fourth-order valence-corrected chi connectivity index (χ4v) is 1.90. The van der Waals surface area contributed by atoms with E-state index in [0.717, 1.165) is 0 Å². The molecule has 1 rings (SSSR count). The lowest BCUT2D eigenvalue weighted by Crippen LogP contribution is -2.28. The predicted molar refractivity (Wildman–Crippen MR) is 54.0 cm³/mol. The smallest absolute Gasteiger partial charge is 0.250 e. The van der Waals surface area contributed by atoms with Gasteiger partial charge in [-0.2, -0.15) is 0 Å². The second-order valence-electron chi connectivity index (χ2n) is 2.33. The Labute approximate surface area is 88.3 Å². The molecule has 3 nitrogen and oxygen atoms in total. The summed E-state index contributed by atoms with van der Waals surface area (Å²) in [5, 5.41) is -1.49. The van der Waals surface area contributed by atoms with Crippen LogP contribution in [0.15, 0.2) is 23.4 Å². The largest absolute Gasteiger partial charge is 0.398 e. The normalized spacial score (nSPS) is 22.0. The van der Waals surface area contributed by atoms with Gasteiger partial charge in [0.25, 0.3) is 0 Å². The maximum absolute atomic E-state index is 10.8.